The van der Waals surface area contributed by atoms with Crippen LogP contribution in [-0.4, -0.2) is 17.9 Å². The van der Waals surface area contributed by atoms with E-state index in [0.29, 0.717) is 11.4 Å². The van der Waals surface area contributed by atoms with Crippen molar-refractivity contribution in [3.8, 4) is 11.5 Å². The average molecular weight is 352 g/mol. The molecule has 2 amide bonds. The molecule has 3 rings (SSSR count). The predicted octanol–water partition coefficient (Wildman–Crippen LogP) is 4.11. The molecule has 2 N–H and O–H groups in total. The van der Waals surface area contributed by atoms with Crippen LogP contribution >= 0.6 is 0 Å². The lowest BCUT2D eigenvalue weighted by Crippen LogP contribution is -2.47. The van der Waals surface area contributed by atoms with Gasteiger partial charge in [0, 0.05) is 18.7 Å². The first kappa shape index (κ1) is 18.0. The number of para-hydroxylation sites is 1. The molecule has 136 valence electrons. The van der Waals surface area contributed by atoms with Gasteiger partial charge in [0.25, 0.3) is 0 Å². The molecule has 2 aromatic rings. The van der Waals surface area contributed by atoms with E-state index in [1.54, 1.807) is 6.07 Å². The predicted molar refractivity (Wildman–Crippen MR) is 101 cm³/mol. The average Bonchev–Trinajstić information content (AvgIpc) is 3.15. The number of ether oxygens (including phenoxy) is 1. The van der Waals surface area contributed by atoms with Crippen molar-refractivity contribution in [1.82, 2.24) is 5.32 Å². The fourth-order valence-electron chi connectivity index (χ4n) is 3.39. The highest BCUT2D eigenvalue weighted by atomic mass is 16.5. The number of nitrogens with one attached hydrogen (secondary N) is 2. The highest BCUT2D eigenvalue weighted by Gasteiger charge is 2.31. The zero-order valence-electron chi connectivity index (χ0n) is 14.9. The first-order chi connectivity index (χ1) is 12.6. The molecule has 1 aliphatic rings. The second kappa shape index (κ2) is 8.52. The molecule has 1 atom stereocenters. The third-order valence-corrected chi connectivity index (χ3v) is 4.59. The van der Waals surface area contributed by atoms with Crippen LogP contribution in [-0.2, 0) is 9.59 Å². The van der Waals surface area contributed by atoms with Crippen LogP contribution in [0.3, 0.4) is 0 Å². The van der Waals surface area contributed by atoms with E-state index in [1.807, 2.05) is 48.5 Å². The molecule has 0 bridgehead atoms. The molecule has 0 aromatic heterocycles. The van der Waals surface area contributed by atoms with Gasteiger partial charge in [-0.25, -0.2) is 0 Å². The van der Waals surface area contributed by atoms with E-state index in [-0.39, 0.29) is 17.7 Å². The van der Waals surface area contributed by atoms with E-state index in [0.717, 1.165) is 31.4 Å². The molecule has 0 spiro atoms. The summed E-state index contributed by atoms with van der Waals surface area (Å²) in [6.07, 6.45) is 4.15. The molecule has 26 heavy (non-hydrogen) atoms. The summed E-state index contributed by atoms with van der Waals surface area (Å²) in [7, 11) is 0. The van der Waals surface area contributed by atoms with Gasteiger partial charge in [0.05, 0.1) is 0 Å². The SMILES string of the molecule is CC(=O)NC(C(=O)Nc1cccc(Oc2ccccc2)c1)C1CCCC1. The largest absolute Gasteiger partial charge is 0.457 e. The van der Waals surface area contributed by atoms with Crippen molar-refractivity contribution < 1.29 is 14.3 Å². The van der Waals surface area contributed by atoms with Gasteiger partial charge < -0.3 is 15.4 Å². The minimum Gasteiger partial charge on any atom is -0.457 e. The summed E-state index contributed by atoms with van der Waals surface area (Å²) in [4.78, 5) is 24.3. The minimum atomic E-state index is -0.492. The van der Waals surface area contributed by atoms with Gasteiger partial charge in [0.1, 0.15) is 17.5 Å². The maximum Gasteiger partial charge on any atom is 0.247 e. The van der Waals surface area contributed by atoms with Crippen LogP contribution < -0.4 is 15.4 Å². The molecule has 0 saturated heterocycles. The normalized spacial score (nSPS) is 15.3. The minimum absolute atomic E-state index is 0.177. The molecule has 5 heteroatoms. The number of benzene rings is 2. The summed E-state index contributed by atoms with van der Waals surface area (Å²) >= 11 is 0. The van der Waals surface area contributed by atoms with Gasteiger partial charge in [0.2, 0.25) is 11.8 Å². The number of carbonyl (C=O) groups excluding carboxylic acids is 2. The fraction of sp³-hybridized carbons (Fsp3) is 0.333. The van der Waals surface area contributed by atoms with Crippen LogP contribution in [0.4, 0.5) is 5.69 Å². The number of amides is 2. The van der Waals surface area contributed by atoms with Crippen LogP contribution in [0.2, 0.25) is 0 Å². The third kappa shape index (κ3) is 4.85. The van der Waals surface area contributed by atoms with E-state index < -0.39 is 6.04 Å². The standard InChI is InChI=1S/C21H24N2O3/c1-15(24)22-20(16-8-5-6-9-16)21(25)23-17-10-7-13-19(14-17)26-18-11-3-2-4-12-18/h2-4,7,10-14,16,20H,5-6,8-9H2,1H3,(H,22,24)(H,23,25). The zero-order chi connectivity index (χ0) is 18.4. The van der Waals surface area contributed by atoms with E-state index in [4.69, 9.17) is 4.74 Å². The van der Waals surface area contributed by atoms with Crippen molar-refractivity contribution in [2.45, 2.75) is 38.6 Å². The summed E-state index contributed by atoms with van der Waals surface area (Å²) in [6.45, 7) is 1.45. The molecule has 1 fully saturated rings. The third-order valence-electron chi connectivity index (χ3n) is 4.59. The lowest BCUT2D eigenvalue weighted by atomic mass is 9.97. The number of rotatable bonds is 6. The molecular weight excluding hydrogens is 328 g/mol. The summed E-state index contributed by atoms with van der Waals surface area (Å²) < 4.78 is 5.80. The van der Waals surface area contributed by atoms with Gasteiger partial charge in [-0.3, -0.25) is 9.59 Å². The van der Waals surface area contributed by atoms with Crippen LogP contribution in [0, 0.1) is 5.92 Å². The van der Waals surface area contributed by atoms with Crippen molar-refractivity contribution in [3.05, 3.63) is 54.6 Å². The smallest absolute Gasteiger partial charge is 0.247 e. The Bertz CT molecular complexity index is 755. The van der Waals surface area contributed by atoms with Crippen molar-refractivity contribution in [2.75, 3.05) is 5.32 Å². The summed E-state index contributed by atoms with van der Waals surface area (Å²) in [5.41, 5.74) is 0.650. The van der Waals surface area contributed by atoms with Crippen molar-refractivity contribution in [2.24, 2.45) is 5.92 Å². The Hall–Kier alpha value is -2.82. The molecule has 5 nitrogen and oxygen atoms in total. The van der Waals surface area contributed by atoms with Crippen LogP contribution in [0.25, 0.3) is 0 Å². The van der Waals surface area contributed by atoms with E-state index in [1.165, 1.54) is 6.92 Å². The molecule has 0 aliphatic heterocycles. The second-order valence-corrected chi connectivity index (χ2v) is 6.65. The fourth-order valence-corrected chi connectivity index (χ4v) is 3.39. The highest BCUT2D eigenvalue weighted by molar-refractivity contribution is 5.97. The van der Waals surface area contributed by atoms with Crippen molar-refractivity contribution in [1.29, 1.82) is 0 Å². The Labute approximate surface area is 153 Å². The topological polar surface area (TPSA) is 67.4 Å². The zero-order valence-corrected chi connectivity index (χ0v) is 14.9. The first-order valence-electron chi connectivity index (χ1n) is 9.03. The number of hydrogen-bond acceptors (Lipinski definition) is 3. The van der Waals surface area contributed by atoms with Crippen molar-refractivity contribution >= 4 is 17.5 Å². The molecule has 1 unspecified atom stereocenters. The van der Waals surface area contributed by atoms with Crippen molar-refractivity contribution in [3.63, 3.8) is 0 Å². The lowest BCUT2D eigenvalue weighted by molar-refractivity contribution is -0.126. The Morgan fingerprint density at radius 1 is 1.00 bits per heavy atom. The molecule has 0 radical (unpaired) electrons. The number of anilines is 1. The van der Waals surface area contributed by atoms with Gasteiger partial charge in [-0.15, -0.1) is 0 Å². The van der Waals surface area contributed by atoms with Gasteiger partial charge in [0.15, 0.2) is 0 Å². The Morgan fingerprint density at radius 2 is 1.69 bits per heavy atom. The maximum atomic E-state index is 12.7. The van der Waals surface area contributed by atoms with E-state index in [9.17, 15) is 9.59 Å². The van der Waals surface area contributed by atoms with E-state index >= 15 is 0 Å². The van der Waals surface area contributed by atoms with Crippen LogP contribution in [0.15, 0.2) is 54.6 Å². The Balaban J connectivity index is 1.69. The van der Waals surface area contributed by atoms with Gasteiger partial charge in [-0.05, 0) is 43.0 Å². The first-order valence-corrected chi connectivity index (χ1v) is 9.03. The summed E-state index contributed by atoms with van der Waals surface area (Å²) in [5.74, 6) is 1.22. The molecular formula is C21H24N2O3. The number of carbonyl (C=O) groups is 2. The molecule has 1 saturated carbocycles. The number of hydrogen-bond donors (Lipinski definition) is 2. The second-order valence-electron chi connectivity index (χ2n) is 6.65. The van der Waals surface area contributed by atoms with Gasteiger partial charge in [-0.1, -0.05) is 37.1 Å². The summed E-state index contributed by atoms with van der Waals surface area (Å²) in [6, 6.07) is 16.3. The van der Waals surface area contributed by atoms with Gasteiger partial charge in [-0.2, -0.15) is 0 Å². The van der Waals surface area contributed by atoms with Gasteiger partial charge >= 0.3 is 0 Å². The molecule has 2 aromatic carbocycles. The highest BCUT2D eigenvalue weighted by Crippen LogP contribution is 2.29. The monoisotopic (exact) mass is 352 g/mol. The summed E-state index contributed by atoms with van der Waals surface area (Å²) in [5, 5.41) is 5.73. The lowest BCUT2D eigenvalue weighted by Gasteiger charge is -2.23. The van der Waals surface area contributed by atoms with Crippen LogP contribution in [0.1, 0.15) is 32.6 Å². The van der Waals surface area contributed by atoms with E-state index in [2.05, 4.69) is 10.6 Å². The quantitative estimate of drug-likeness (QED) is 0.822. The van der Waals surface area contributed by atoms with Crippen LogP contribution in [0.5, 0.6) is 11.5 Å². The Morgan fingerprint density at radius 3 is 2.38 bits per heavy atom. The molecule has 1 aliphatic carbocycles. The molecule has 0 heterocycles. The maximum absolute atomic E-state index is 12.7. The Kier molecular flexibility index (Phi) is 5.89.